The van der Waals surface area contributed by atoms with Crippen LogP contribution in [0, 0.1) is 0 Å². The van der Waals surface area contributed by atoms with Crippen molar-refractivity contribution in [3.05, 3.63) is 29.8 Å². The van der Waals surface area contributed by atoms with Crippen molar-refractivity contribution < 1.29 is 14.4 Å². The molecule has 0 bridgehead atoms. The highest BCUT2D eigenvalue weighted by Crippen LogP contribution is 2.23. The molecular formula is C17H27N2O2+. The van der Waals surface area contributed by atoms with E-state index in [-0.39, 0.29) is 18.1 Å². The monoisotopic (exact) mass is 291 g/mol. The Morgan fingerprint density at radius 2 is 1.90 bits per heavy atom. The summed E-state index contributed by atoms with van der Waals surface area (Å²) in [7, 11) is 0. The van der Waals surface area contributed by atoms with Crippen molar-refractivity contribution in [3.8, 4) is 0 Å². The number of benzene rings is 1. The summed E-state index contributed by atoms with van der Waals surface area (Å²) in [6.07, 6.45) is 0.444. The highest BCUT2D eigenvalue weighted by Gasteiger charge is 2.27. The molecule has 0 saturated carbocycles. The van der Waals surface area contributed by atoms with Crippen LogP contribution in [0.1, 0.15) is 39.2 Å². The van der Waals surface area contributed by atoms with Crippen molar-refractivity contribution in [2.75, 3.05) is 25.0 Å². The first kappa shape index (κ1) is 16.0. The molecule has 3 atom stereocenters. The lowest BCUT2D eigenvalue weighted by Gasteiger charge is -2.32. The molecule has 1 saturated heterocycles. The summed E-state index contributed by atoms with van der Waals surface area (Å²) in [5, 5.41) is 3.07. The third-order valence-corrected chi connectivity index (χ3v) is 3.88. The predicted octanol–water partition coefficient (Wildman–Crippen LogP) is 1.44. The van der Waals surface area contributed by atoms with Crippen molar-refractivity contribution in [1.29, 1.82) is 0 Å². The third-order valence-electron chi connectivity index (χ3n) is 3.88. The molecule has 0 radical (unpaired) electrons. The minimum absolute atomic E-state index is 0.0828. The molecule has 116 valence electrons. The lowest BCUT2D eigenvalue weighted by atomic mass is 10.0. The van der Waals surface area contributed by atoms with Crippen molar-refractivity contribution in [2.45, 2.75) is 45.8 Å². The summed E-state index contributed by atoms with van der Waals surface area (Å²) in [5.74, 6) is 0.483. The summed E-state index contributed by atoms with van der Waals surface area (Å²) >= 11 is 0. The van der Waals surface area contributed by atoms with Gasteiger partial charge in [0.05, 0.1) is 0 Å². The molecule has 4 heteroatoms. The molecule has 1 amide bonds. The molecule has 0 aromatic heterocycles. The highest BCUT2D eigenvalue weighted by molar-refractivity contribution is 5.92. The van der Waals surface area contributed by atoms with E-state index in [1.807, 2.05) is 18.2 Å². The van der Waals surface area contributed by atoms with Gasteiger partial charge >= 0.3 is 0 Å². The van der Waals surface area contributed by atoms with Gasteiger partial charge < -0.3 is 15.0 Å². The third kappa shape index (κ3) is 4.55. The summed E-state index contributed by atoms with van der Waals surface area (Å²) in [4.78, 5) is 13.6. The zero-order valence-corrected chi connectivity index (χ0v) is 13.5. The molecule has 1 fully saturated rings. The maximum absolute atomic E-state index is 12.3. The summed E-state index contributed by atoms with van der Waals surface area (Å²) in [5.41, 5.74) is 2.12. The van der Waals surface area contributed by atoms with Gasteiger partial charge in [-0.05, 0) is 31.4 Å². The molecule has 2 N–H and O–H groups in total. The van der Waals surface area contributed by atoms with Crippen LogP contribution >= 0.6 is 0 Å². The van der Waals surface area contributed by atoms with E-state index in [1.165, 1.54) is 10.5 Å². The van der Waals surface area contributed by atoms with E-state index in [4.69, 9.17) is 4.74 Å². The predicted molar refractivity (Wildman–Crippen MR) is 84.7 cm³/mol. The van der Waals surface area contributed by atoms with Crippen LogP contribution in [0.4, 0.5) is 5.69 Å². The largest absolute Gasteiger partial charge is 0.364 e. The molecule has 2 rings (SSSR count). The Hall–Kier alpha value is -1.39. The molecule has 4 nitrogen and oxygen atoms in total. The van der Waals surface area contributed by atoms with Crippen LogP contribution in [0.3, 0.4) is 0 Å². The molecule has 1 unspecified atom stereocenters. The van der Waals surface area contributed by atoms with Crippen molar-refractivity contribution in [2.24, 2.45) is 0 Å². The van der Waals surface area contributed by atoms with E-state index in [1.54, 1.807) is 0 Å². The Labute approximate surface area is 127 Å². The first-order valence-electron chi connectivity index (χ1n) is 7.83. The van der Waals surface area contributed by atoms with Crippen LogP contribution < -0.4 is 10.2 Å². The van der Waals surface area contributed by atoms with Gasteiger partial charge in [0, 0.05) is 5.69 Å². The Kier molecular flexibility index (Phi) is 5.37. The summed E-state index contributed by atoms with van der Waals surface area (Å²) in [6, 6.07) is 8.04. The van der Waals surface area contributed by atoms with Crippen LogP contribution in [-0.2, 0) is 9.53 Å². The van der Waals surface area contributed by atoms with Crippen LogP contribution in [0.15, 0.2) is 24.3 Å². The van der Waals surface area contributed by atoms with Crippen LogP contribution in [0.5, 0.6) is 0 Å². The Morgan fingerprint density at radius 1 is 1.29 bits per heavy atom. The lowest BCUT2D eigenvalue weighted by Crippen LogP contribution is -3.16. The van der Waals surface area contributed by atoms with Gasteiger partial charge in [0.15, 0.2) is 6.54 Å². The maximum Gasteiger partial charge on any atom is 0.279 e. The molecule has 1 aromatic rings. The fourth-order valence-corrected chi connectivity index (χ4v) is 3.07. The second-order valence-corrected chi connectivity index (χ2v) is 6.38. The van der Waals surface area contributed by atoms with Gasteiger partial charge in [-0.1, -0.05) is 32.0 Å². The molecule has 0 spiro atoms. The van der Waals surface area contributed by atoms with E-state index in [2.05, 4.69) is 39.1 Å². The molecular weight excluding hydrogens is 264 g/mol. The second-order valence-electron chi connectivity index (χ2n) is 6.38. The highest BCUT2D eigenvalue weighted by atomic mass is 16.5. The Morgan fingerprint density at radius 3 is 2.52 bits per heavy atom. The number of morpholine rings is 1. The molecule has 1 aliphatic rings. The number of hydrogen-bond donors (Lipinski definition) is 2. The quantitative estimate of drug-likeness (QED) is 0.881. The Balaban J connectivity index is 1.96. The molecule has 1 aromatic carbocycles. The van der Waals surface area contributed by atoms with E-state index >= 15 is 0 Å². The number of hydrogen-bond acceptors (Lipinski definition) is 2. The minimum atomic E-state index is 0.0828. The van der Waals surface area contributed by atoms with Gasteiger partial charge in [-0.3, -0.25) is 4.79 Å². The van der Waals surface area contributed by atoms with Gasteiger partial charge in [0.1, 0.15) is 25.3 Å². The van der Waals surface area contributed by atoms with Gasteiger partial charge in [0.2, 0.25) is 0 Å². The number of quaternary nitrogens is 1. The number of amides is 1. The van der Waals surface area contributed by atoms with E-state index < -0.39 is 0 Å². The first-order chi connectivity index (χ1) is 9.95. The average Bonchev–Trinajstić information content (AvgIpc) is 2.37. The first-order valence-corrected chi connectivity index (χ1v) is 7.83. The van der Waals surface area contributed by atoms with Crippen LogP contribution in [0.25, 0.3) is 0 Å². The fraction of sp³-hybridized carbons (Fsp3) is 0.588. The number of rotatable bonds is 4. The number of ether oxygens (including phenoxy) is 1. The molecule has 21 heavy (non-hydrogen) atoms. The van der Waals surface area contributed by atoms with Gasteiger partial charge in [-0.15, -0.1) is 0 Å². The van der Waals surface area contributed by atoms with Gasteiger partial charge in [0.25, 0.3) is 5.91 Å². The molecule has 1 heterocycles. The summed E-state index contributed by atoms with van der Waals surface area (Å²) < 4.78 is 5.71. The van der Waals surface area contributed by atoms with Crippen LogP contribution in [-0.4, -0.2) is 37.7 Å². The van der Waals surface area contributed by atoms with Gasteiger partial charge in [-0.25, -0.2) is 0 Å². The van der Waals surface area contributed by atoms with Crippen molar-refractivity contribution >= 4 is 11.6 Å². The number of para-hydroxylation sites is 1. The topological polar surface area (TPSA) is 42.8 Å². The second kappa shape index (κ2) is 7.05. The van der Waals surface area contributed by atoms with Crippen molar-refractivity contribution in [3.63, 3.8) is 0 Å². The minimum Gasteiger partial charge on any atom is -0.364 e. The van der Waals surface area contributed by atoms with E-state index in [0.717, 1.165) is 18.8 Å². The Bertz CT molecular complexity index is 477. The van der Waals surface area contributed by atoms with E-state index in [0.29, 0.717) is 12.5 Å². The fourth-order valence-electron chi connectivity index (χ4n) is 3.07. The average molecular weight is 291 g/mol. The molecule has 1 aliphatic heterocycles. The number of carbonyl (C=O) groups excluding carboxylic acids is 1. The number of anilines is 1. The number of carbonyl (C=O) groups is 1. The van der Waals surface area contributed by atoms with Gasteiger partial charge in [-0.2, -0.15) is 0 Å². The van der Waals surface area contributed by atoms with Crippen LogP contribution in [0.2, 0.25) is 0 Å². The summed E-state index contributed by atoms with van der Waals surface area (Å²) in [6.45, 7) is 10.7. The van der Waals surface area contributed by atoms with E-state index in [9.17, 15) is 4.79 Å². The smallest absolute Gasteiger partial charge is 0.279 e. The maximum atomic E-state index is 12.3. The SMILES string of the molecule is CC(C)c1ccccc1NC(=O)C[NH+]1C[C@@H](C)O[C@@H](C)C1. The van der Waals surface area contributed by atoms with Crippen molar-refractivity contribution in [1.82, 2.24) is 0 Å². The lowest BCUT2D eigenvalue weighted by molar-refractivity contribution is -0.907. The number of nitrogens with one attached hydrogen (secondary N) is 2. The zero-order valence-electron chi connectivity index (χ0n) is 13.5. The zero-order chi connectivity index (χ0) is 15.4. The molecule has 0 aliphatic carbocycles. The normalized spacial score (nSPS) is 25.9. The standard InChI is InChI=1S/C17H26N2O2/c1-12(2)15-7-5-6-8-16(15)18-17(20)11-19-9-13(3)21-14(4)10-19/h5-8,12-14H,9-11H2,1-4H3,(H,18,20)/p+1/t13-,14+.